The van der Waals surface area contributed by atoms with Crippen LogP contribution in [-0.2, 0) is 11.0 Å². The number of aromatic nitrogens is 2. The number of hydrogen-bond acceptors (Lipinski definition) is 3. The molecular weight excluding hydrogens is 366 g/mol. The van der Waals surface area contributed by atoms with E-state index < -0.39 is 35.2 Å². The summed E-state index contributed by atoms with van der Waals surface area (Å²) in [6.07, 6.45) is -4.96. The van der Waals surface area contributed by atoms with Gasteiger partial charge >= 0.3 is 6.18 Å². The minimum atomic E-state index is -4.96. The zero-order chi connectivity index (χ0) is 19.8. The van der Waals surface area contributed by atoms with Crippen LogP contribution in [0.5, 0.6) is 0 Å². The zero-order valence-electron chi connectivity index (χ0n) is 13.9. The summed E-state index contributed by atoms with van der Waals surface area (Å²) in [5.41, 5.74) is -2.73. The smallest absolute Gasteiger partial charge is 0.324 e. The molecule has 3 aromatic rings. The normalized spacial score (nSPS) is 12.8. The third-order valence-corrected chi connectivity index (χ3v) is 3.94. The van der Waals surface area contributed by atoms with Crippen LogP contribution in [0, 0.1) is 5.82 Å². The van der Waals surface area contributed by atoms with Crippen LogP contribution in [0.25, 0.3) is 11.0 Å². The fourth-order valence-corrected chi connectivity index (χ4v) is 2.62. The molecule has 1 heterocycles. The molecule has 0 aliphatic carbocycles. The van der Waals surface area contributed by atoms with Crippen molar-refractivity contribution in [1.82, 2.24) is 9.55 Å². The first kappa shape index (κ1) is 18.6. The number of hydrogen-bond donors (Lipinski definition) is 1. The molecule has 1 atom stereocenters. The molecule has 0 bridgehead atoms. The second-order valence-corrected chi connectivity index (χ2v) is 5.79. The number of nitrogens with one attached hydrogen (secondary N) is 1. The van der Waals surface area contributed by atoms with E-state index in [1.807, 2.05) is 0 Å². The van der Waals surface area contributed by atoms with E-state index >= 15 is 0 Å². The van der Waals surface area contributed by atoms with Gasteiger partial charge in [-0.05, 0) is 43.3 Å². The van der Waals surface area contributed by atoms with Gasteiger partial charge in [-0.25, -0.2) is 9.37 Å². The van der Waals surface area contributed by atoms with Gasteiger partial charge < -0.3 is 5.32 Å². The van der Waals surface area contributed by atoms with Crippen LogP contribution in [-0.4, -0.2) is 15.5 Å². The lowest BCUT2D eigenvalue weighted by molar-refractivity contribution is -0.142. The van der Waals surface area contributed by atoms with Gasteiger partial charge in [0.1, 0.15) is 11.9 Å². The topological polar surface area (TPSA) is 64.0 Å². The van der Waals surface area contributed by atoms with E-state index in [1.165, 1.54) is 43.3 Å². The summed E-state index contributed by atoms with van der Waals surface area (Å²) >= 11 is 0. The summed E-state index contributed by atoms with van der Waals surface area (Å²) in [6.45, 7) is 1.30. The largest absolute Gasteiger partial charge is 0.438 e. The van der Waals surface area contributed by atoms with E-state index in [0.717, 1.165) is 16.7 Å². The van der Waals surface area contributed by atoms with Crippen molar-refractivity contribution >= 4 is 22.6 Å². The second-order valence-electron chi connectivity index (χ2n) is 5.79. The molecule has 1 amide bonds. The van der Waals surface area contributed by atoms with Crippen molar-refractivity contribution in [2.24, 2.45) is 0 Å². The fraction of sp³-hybridized carbons (Fsp3) is 0.167. The highest BCUT2D eigenvalue weighted by Gasteiger charge is 2.38. The Kier molecular flexibility index (Phi) is 4.69. The Hall–Kier alpha value is -3.23. The average Bonchev–Trinajstić information content (AvgIpc) is 2.61. The highest BCUT2D eigenvalue weighted by molar-refractivity contribution is 5.94. The van der Waals surface area contributed by atoms with Crippen LogP contribution >= 0.6 is 0 Å². The quantitative estimate of drug-likeness (QED) is 0.705. The number of carbonyl (C=O) groups is 1. The molecule has 3 rings (SSSR count). The first-order valence-electron chi connectivity index (χ1n) is 7.83. The standard InChI is InChI=1S/C18H13F4N3O2/c1-10(16(26)23-12-8-6-11(19)7-9-12)25-14-5-3-2-4-13(14)24-15(17(25)27)18(20,21)22/h2-10H,1H3,(H,23,26). The Bertz CT molecular complexity index is 1060. The molecule has 0 fully saturated rings. The molecule has 0 saturated carbocycles. The summed E-state index contributed by atoms with van der Waals surface area (Å²) in [5, 5.41) is 2.45. The van der Waals surface area contributed by atoms with E-state index in [-0.39, 0.29) is 16.7 Å². The number of benzene rings is 2. The maximum absolute atomic E-state index is 13.2. The van der Waals surface area contributed by atoms with Crippen LogP contribution in [0.3, 0.4) is 0 Å². The summed E-state index contributed by atoms with van der Waals surface area (Å²) < 4.78 is 53.3. The molecule has 0 aliphatic rings. The number of para-hydroxylation sites is 2. The monoisotopic (exact) mass is 379 g/mol. The minimum absolute atomic E-state index is 0.0640. The van der Waals surface area contributed by atoms with E-state index in [2.05, 4.69) is 10.3 Å². The predicted molar refractivity (Wildman–Crippen MR) is 90.7 cm³/mol. The van der Waals surface area contributed by atoms with Crippen LogP contribution < -0.4 is 10.9 Å². The lowest BCUT2D eigenvalue weighted by Crippen LogP contribution is -2.36. The number of carbonyl (C=O) groups excluding carboxylic acids is 1. The van der Waals surface area contributed by atoms with Crippen molar-refractivity contribution in [3.8, 4) is 0 Å². The summed E-state index contributed by atoms with van der Waals surface area (Å²) in [5.74, 6) is -1.24. The lowest BCUT2D eigenvalue weighted by atomic mass is 10.2. The molecule has 1 aromatic heterocycles. The van der Waals surface area contributed by atoms with E-state index in [9.17, 15) is 27.2 Å². The molecule has 0 spiro atoms. The number of nitrogens with zero attached hydrogens (tertiary/aromatic N) is 2. The Morgan fingerprint density at radius 3 is 2.37 bits per heavy atom. The number of halogens is 4. The maximum Gasteiger partial charge on any atom is 0.438 e. The molecule has 0 aliphatic heterocycles. The van der Waals surface area contributed by atoms with Gasteiger partial charge in [-0.2, -0.15) is 13.2 Å². The van der Waals surface area contributed by atoms with E-state index in [1.54, 1.807) is 0 Å². The maximum atomic E-state index is 13.2. The molecule has 1 N–H and O–H groups in total. The molecule has 5 nitrogen and oxygen atoms in total. The van der Waals surface area contributed by atoms with E-state index in [0.29, 0.717) is 0 Å². The fourth-order valence-electron chi connectivity index (χ4n) is 2.62. The Morgan fingerprint density at radius 1 is 1.11 bits per heavy atom. The highest BCUT2D eigenvalue weighted by Crippen LogP contribution is 2.27. The van der Waals surface area contributed by atoms with Crippen molar-refractivity contribution in [2.75, 3.05) is 5.32 Å². The van der Waals surface area contributed by atoms with Gasteiger partial charge in [0.05, 0.1) is 11.0 Å². The minimum Gasteiger partial charge on any atom is -0.324 e. The summed E-state index contributed by atoms with van der Waals surface area (Å²) in [7, 11) is 0. The molecule has 140 valence electrons. The third-order valence-electron chi connectivity index (χ3n) is 3.94. The van der Waals surface area contributed by atoms with Gasteiger partial charge in [0.15, 0.2) is 0 Å². The van der Waals surface area contributed by atoms with Gasteiger partial charge in [-0.15, -0.1) is 0 Å². The van der Waals surface area contributed by atoms with Crippen molar-refractivity contribution < 1.29 is 22.4 Å². The van der Waals surface area contributed by atoms with Crippen molar-refractivity contribution in [2.45, 2.75) is 19.1 Å². The van der Waals surface area contributed by atoms with Gasteiger partial charge in [0, 0.05) is 5.69 Å². The summed E-state index contributed by atoms with van der Waals surface area (Å²) in [4.78, 5) is 28.3. The first-order chi connectivity index (χ1) is 12.7. The van der Waals surface area contributed by atoms with Crippen molar-refractivity contribution in [3.63, 3.8) is 0 Å². The molecule has 0 saturated heterocycles. The van der Waals surface area contributed by atoms with Crippen LogP contribution in [0.1, 0.15) is 18.7 Å². The van der Waals surface area contributed by atoms with Crippen LogP contribution in [0.2, 0.25) is 0 Å². The summed E-state index contributed by atoms with van der Waals surface area (Å²) in [6, 6.07) is 9.31. The van der Waals surface area contributed by atoms with Crippen LogP contribution in [0.15, 0.2) is 53.3 Å². The van der Waals surface area contributed by atoms with Crippen LogP contribution in [0.4, 0.5) is 23.2 Å². The number of amides is 1. The third kappa shape index (κ3) is 3.67. The molecule has 27 heavy (non-hydrogen) atoms. The SMILES string of the molecule is CC(C(=O)Nc1ccc(F)cc1)n1c(=O)c(C(F)(F)F)nc2ccccc21. The van der Waals surface area contributed by atoms with Gasteiger partial charge in [0.25, 0.3) is 5.56 Å². The van der Waals surface area contributed by atoms with Gasteiger partial charge in [-0.1, -0.05) is 12.1 Å². The van der Waals surface area contributed by atoms with Gasteiger partial charge in [0.2, 0.25) is 11.6 Å². The second kappa shape index (κ2) is 6.82. The Morgan fingerprint density at radius 2 is 1.74 bits per heavy atom. The first-order valence-corrected chi connectivity index (χ1v) is 7.83. The van der Waals surface area contributed by atoms with Crippen molar-refractivity contribution in [1.29, 1.82) is 0 Å². The average molecular weight is 379 g/mol. The number of alkyl halides is 3. The highest BCUT2D eigenvalue weighted by atomic mass is 19.4. The van der Waals surface area contributed by atoms with Gasteiger partial charge in [-0.3, -0.25) is 14.2 Å². The number of rotatable bonds is 3. The predicted octanol–water partition coefficient (Wildman–Crippen LogP) is 3.75. The van der Waals surface area contributed by atoms with E-state index in [4.69, 9.17) is 0 Å². The molecule has 1 unspecified atom stereocenters. The molecule has 0 radical (unpaired) electrons. The molecular formula is C18H13F4N3O2. The Balaban J connectivity index is 2.08. The number of anilines is 1. The van der Waals surface area contributed by atoms with Crippen molar-refractivity contribution in [3.05, 3.63) is 70.4 Å². The Labute approximate surface area is 150 Å². The molecule has 9 heteroatoms. The molecule has 2 aromatic carbocycles. The lowest BCUT2D eigenvalue weighted by Gasteiger charge is -2.19. The zero-order valence-corrected chi connectivity index (χ0v) is 13.9. The number of fused-ring (bicyclic) bond motifs is 1.